The van der Waals surface area contributed by atoms with Gasteiger partial charge in [0.15, 0.2) is 9.84 Å². The van der Waals surface area contributed by atoms with Crippen LogP contribution in [0.25, 0.3) is 5.57 Å². The van der Waals surface area contributed by atoms with Crippen molar-refractivity contribution in [3.05, 3.63) is 35.9 Å². The molecule has 1 saturated carbocycles. The van der Waals surface area contributed by atoms with Gasteiger partial charge < -0.3 is 4.74 Å². The Hall–Kier alpha value is -1.62. The third-order valence-electron chi connectivity index (χ3n) is 4.47. The van der Waals surface area contributed by atoms with Gasteiger partial charge in [-0.3, -0.25) is 0 Å². The van der Waals surface area contributed by atoms with Crippen LogP contribution < -0.4 is 0 Å². The molecule has 24 heavy (non-hydrogen) atoms. The Kier molecular flexibility index (Phi) is 6.60. The molecule has 1 aliphatic carbocycles. The van der Waals surface area contributed by atoms with Gasteiger partial charge in [-0.15, -0.1) is 0 Å². The fourth-order valence-corrected chi connectivity index (χ4v) is 3.75. The molecule has 0 amide bonds. The Bertz CT molecular complexity index is 681. The van der Waals surface area contributed by atoms with Crippen LogP contribution in [0.1, 0.15) is 51.0 Å². The van der Waals surface area contributed by atoms with Crippen LogP contribution in [0.5, 0.6) is 0 Å². The van der Waals surface area contributed by atoms with E-state index in [2.05, 4.69) is 0 Å². The minimum atomic E-state index is -3.24. The van der Waals surface area contributed by atoms with Crippen LogP contribution in [0.4, 0.5) is 0 Å². The molecule has 0 aromatic heterocycles. The third kappa shape index (κ3) is 5.20. The third-order valence-corrected chi connectivity index (χ3v) is 5.60. The Balaban J connectivity index is 2.23. The lowest BCUT2D eigenvalue weighted by molar-refractivity contribution is -0.136. The number of allylic oxidation sites excluding steroid dienone is 1. The first-order chi connectivity index (χ1) is 11.4. The van der Waals surface area contributed by atoms with Gasteiger partial charge in [0.2, 0.25) is 0 Å². The van der Waals surface area contributed by atoms with E-state index in [0.717, 1.165) is 6.42 Å². The second-order valence-corrected chi connectivity index (χ2v) is 8.39. The van der Waals surface area contributed by atoms with Crippen LogP contribution in [0.15, 0.2) is 35.2 Å². The van der Waals surface area contributed by atoms with E-state index in [9.17, 15) is 13.2 Å². The SMILES string of the molecule is CCOC(=O)/C(=C/CC1CCCCC1)c1ccc(S(C)(=O)=O)cc1. The molecule has 0 saturated heterocycles. The average molecular weight is 350 g/mol. The van der Waals surface area contributed by atoms with E-state index >= 15 is 0 Å². The fraction of sp³-hybridized carbons (Fsp3) is 0.526. The van der Waals surface area contributed by atoms with Gasteiger partial charge in [-0.1, -0.05) is 50.3 Å². The minimum Gasteiger partial charge on any atom is -0.462 e. The summed E-state index contributed by atoms with van der Waals surface area (Å²) < 4.78 is 28.3. The summed E-state index contributed by atoms with van der Waals surface area (Å²) in [6.07, 6.45) is 10.2. The zero-order valence-electron chi connectivity index (χ0n) is 14.5. The van der Waals surface area contributed by atoms with Crippen LogP contribution in [0.3, 0.4) is 0 Å². The number of benzene rings is 1. The summed E-state index contributed by atoms with van der Waals surface area (Å²) in [4.78, 5) is 12.5. The molecule has 0 N–H and O–H groups in total. The molecule has 0 spiro atoms. The van der Waals surface area contributed by atoms with E-state index < -0.39 is 9.84 Å². The molecule has 5 heteroatoms. The normalized spacial score (nSPS) is 16.8. The summed E-state index contributed by atoms with van der Waals surface area (Å²) in [5.74, 6) is 0.277. The first-order valence-electron chi connectivity index (χ1n) is 8.59. The number of carbonyl (C=O) groups is 1. The summed E-state index contributed by atoms with van der Waals surface area (Å²) >= 11 is 0. The molecule has 0 atom stereocenters. The van der Waals surface area contributed by atoms with Gasteiger partial charge in [-0.05, 0) is 37.0 Å². The Morgan fingerprint density at radius 3 is 2.33 bits per heavy atom. The van der Waals surface area contributed by atoms with Gasteiger partial charge in [0.25, 0.3) is 0 Å². The predicted octanol–water partition coefficient (Wildman–Crippen LogP) is 4.01. The summed E-state index contributed by atoms with van der Waals surface area (Å²) in [7, 11) is -3.24. The highest BCUT2D eigenvalue weighted by Crippen LogP contribution is 2.28. The number of hydrogen-bond acceptors (Lipinski definition) is 4. The molecule has 1 fully saturated rings. The van der Waals surface area contributed by atoms with Crippen molar-refractivity contribution in [3.8, 4) is 0 Å². The lowest BCUT2D eigenvalue weighted by atomic mass is 9.86. The maximum atomic E-state index is 12.3. The van der Waals surface area contributed by atoms with Crippen molar-refractivity contribution in [1.82, 2.24) is 0 Å². The molecule has 0 heterocycles. The van der Waals surface area contributed by atoms with Crippen LogP contribution >= 0.6 is 0 Å². The summed E-state index contributed by atoms with van der Waals surface area (Å²) in [6, 6.07) is 6.44. The van der Waals surface area contributed by atoms with Crippen molar-refractivity contribution in [1.29, 1.82) is 0 Å². The highest BCUT2D eigenvalue weighted by molar-refractivity contribution is 7.90. The maximum absolute atomic E-state index is 12.3. The quantitative estimate of drug-likeness (QED) is 0.574. The molecule has 0 radical (unpaired) electrons. The molecular weight excluding hydrogens is 324 g/mol. The van der Waals surface area contributed by atoms with Crippen LogP contribution in [0, 0.1) is 5.92 Å². The number of sulfone groups is 1. The van der Waals surface area contributed by atoms with Crippen molar-refractivity contribution in [2.45, 2.75) is 50.3 Å². The molecule has 2 rings (SSSR count). The molecule has 4 nitrogen and oxygen atoms in total. The number of rotatable bonds is 6. The van der Waals surface area contributed by atoms with E-state index in [4.69, 9.17) is 4.74 Å². The molecule has 132 valence electrons. The topological polar surface area (TPSA) is 60.4 Å². The zero-order valence-corrected chi connectivity index (χ0v) is 15.3. The van der Waals surface area contributed by atoms with Crippen molar-refractivity contribution in [2.24, 2.45) is 5.92 Å². The van der Waals surface area contributed by atoms with Crippen molar-refractivity contribution in [3.63, 3.8) is 0 Å². The van der Waals surface area contributed by atoms with E-state index in [-0.39, 0.29) is 10.9 Å². The molecule has 0 unspecified atom stereocenters. The molecule has 1 aromatic carbocycles. The first kappa shape index (κ1) is 18.7. The van der Waals surface area contributed by atoms with E-state index in [1.807, 2.05) is 6.08 Å². The van der Waals surface area contributed by atoms with Crippen LogP contribution in [-0.4, -0.2) is 27.2 Å². The standard InChI is InChI=1S/C19H26O4S/c1-3-23-19(20)18(14-9-15-7-5-4-6-8-15)16-10-12-17(13-11-16)24(2,21)22/h10-15H,3-9H2,1-2H3/b18-14+. The van der Waals surface area contributed by atoms with Crippen molar-refractivity contribution in [2.75, 3.05) is 12.9 Å². The highest BCUT2D eigenvalue weighted by Gasteiger charge is 2.17. The van der Waals surface area contributed by atoms with Gasteiger partial charge in [0.05, 0.1) is 17.1 Å². The monoisotopic (exact) mass is 350 g/mol. The molecule has 1 aliphatic rings. The number of carbonyl (C=O) groups excluding carboxylic acids is 1. The van der Waals surface area contributed by atoms with Crippen LogP contribution in [-0.2, 0) is 19.4 Å². The van der Waals surface area contributed by atoms with Gasteiger partial charge in [-0.25, -0.2) is 13.2 Å². The lowest BCUT2D eigenvalue weighted by Crippen LogP contribution is -2.09. The molecule has 0 aliphatic heterocycles. The Morgan fingerprint density at radius 1 is 1.17 bits per heavy atom. The predicted molar refractivity (Wildman–Crippen MR) is 95.4 cm³/mol. The summed E-state index contributed by atoms with van der Waals surface area (Å²) in [5, 5.41) is 0. The fourth-order valence-electron chi connectivity index (χ4n) is 3.12. The average Bonchev–Trinajstić information content (AvgIpc) is 2.56. The zero-order chi connectivity index (χ0) is 17.6. The van der Waals surface area contributed by atoms with E-state index in [0.29, 0.717) is 23.7 Å². The number of hydrogen-bond donors (Lipinski definition) is 0. The van der Waals surface area contributed by atoms with E-state index in [1.54, 1.807) is 31.2 Å². The summed E-state index contributed by atoms with van der Waals surface area (Å²) in [6.45, 7) is 2.10. The molecular formula is C19H26O4S. The number of esters is 1. The van der Waals surface area contributed by atoms with Gasteiger partial charge in [0.1, 0.15) is 0 Å². The van der Waals surface area contributed by atoms with Crippen molar-refractivity contribution >= 4 is 21.4 Å². The largest absolute Gasteiger partial charge is 0.462 e. The minimum absolute atomic E-state index is 0.252. The van der Waals surface area contributed by atoms with Gasteiger partial charge in [0, 0.05) is 6.26 Å². The van der Waals surface area contributed by atoms with E-state index in [1.165, 1.54) is 38.4 Å². The Morgan fingerprint density at radius 2 is 1.79 bits per heavy atom. The number of ether oxygens (including phenoxy) is 1. The second kappa shape index (κ2) is 8.47. The highest BCUT2D eigenvalue weighted by atomic mass is 32.2. The first-order valence-corrected chi connectivity index (χ1v) is 10.5. The Labute approximate surface area is 144 Å². The summed E-state index contributed by atoms with van der Waals surface area (Å²) in [5.41, 5.74) is 1.24. The lowest BCUT2D eigenvalue weighted by Gasteiger charge is -2.20. The van der Waals surface area contributed by atoms with Crippen molar-refractivity contribution < 1.29 is 17.9 Å². The maximum Gasteiger partial charge on any atom is 0.338 e. The van der Waals surface area contributed by atoms with Gasteiger partial charge >= 0.3 is 5.97 Å². The second-order valence-electron chi connectivity index (χ2n) is 6.37. The molecule has 1 aromatic rings. The smallest absolute Gasteiger partial charge is 0.338 e. The van der Waals surface area contributed by atoms with Crippen LogP contribution in [0.2, 0.25) is 0 Å². The molecule has 0 bridgehead atoms. The van der Waals surface area contributed by atoms with Gasteiger partial charge in [-0.2, -0.15) is 0 Å².